The summed E-state index contributed by atoms with van der Waals surface area (Å²) in [4.78, 5) is 11.8. The molecule has 0 aliphatic carbocycles. The van der Waals surface area contributed by atoms with Gasteiger partial charge in [0.25, 0.3) is 0 Å². The van der Waals surface area contributed by atoms with Crippen molar-refractivity contribution in [2.75, 3.05) is 19.5 Å². The summed E-state index contributed by atoms with van der Waals surface area (Å²) in [5.74, 6) is 1.14. The predicted octanol–water partition coefficient (Wildman–Crippen LogP) is 4.38. The van der Waals surface area contributed by atoms with Crippen molar-refractivity contribution in [3.8, 4) is 11.5 Å². The summed E-state index contributed by atoms with van der Waals surface area (Å²) in [6, 6.07) is 11.1. The first kappa shape index (κ1) is 20.9. The minimum atomic E-state index is -0.388. The van der Waals surface area contributed by atoms with Crippen LogP contribution in [0.2, 0.25) is 0 Å². The number of benzene rings is 2. The van der Waals surface area contributed by atoms with E-state index in [-0.39, 0.29) is 17.6 Å². The smallest absolute Gasteiger partial charge is 0.337 e. The molecule has 0 amide bonds. The maximum Gasteiger partial charge on any atom is 0.337 e. The summed E-state index contributed by atoms with van der Waals surface area (Å²) in [6.07, 6.45) is 0.745. The molecule has 6 nitrogen and oxygen atoms in total. The lowest BCUT2D eigenvalue weighted by molar-refractivity contribution is 0.0600. The number of fused-ring (bicyclic) bond motifs is 1. The first-order chi connectivity index (χ1) is 13.7. The van der Waals surface area contributed by atoms with Crippen molar-refractivity contribution in [1.29, 1.82) is 0 Å². The lowest BCUT2D eigenvalue weighted by Crippen LogP contribution is -2.42. The summed E-state index contributed by atoms with van der Waals surface area (Å²) >= 11 is 5.56. The molecule has 2 aromatic carbocycles. The van der Waals surface area contributed by atoms with Gasteiger partial charge in [-0.05, 0) is 62.8 Å². The van der Waals surface area contributed by atoms with Crippen molar-refractivity contribution in [3.05, 3.63) is 53.1 Å². The molecule has 1 heterocycles. The third-order valence-electron chi connectivity index (χ3n) is 4.89. The highest BCUT2D eigenvalue weighted by Gasteiger charge is 2.34. The van der Waals surface area contributed by atoms with Gasteiger partial charge in [-0.2, -0.15) is 0 Å². The zero-order valence-electron chi connectivity index (χ0n) is 17.3. The van der Waals surface area contributed by atoms with Gasteiger partial charge in [0.1, 0.15) is 17.1 Å². The number of hydrogen-bond acceptors (Lipinski definition) is 5. The lowest BCUT2D eigenvalue weighted by Gasteiger charge is -2.38. The van der Waals surface area contributed by atoms with Gasteiger partial charge < -0.3 is 24.8 Å². The van der Waals surface area contributed by atoms with Gasteiger partial charge in [-0.1, -0.05) is 6.07 Å². The van der Waals surface area contributed by atoms with Crippen molar-refractivity contribution in [3.63, 3.8) is 0 Å². The zero-order valence-corrected chi connectivity index (χ0v) is 18.1. The van der Waals surface area contributed by atoms with E-state index in [0.29, 0.717) is 10.7 Å². The molecule has 1 aliphatic heterocycles. The van der Waals surface area contributed by atoms with Gasteiger partial charge in [-0.25, -0.2) is 4.79 Å². The van der Waals surface area contributed by atoms with Gasteiger partial charge in [0, 0.05) is 23.7 Å². The number of nitrogens with one attached hydrogen (secondary N) is 2. The molecule has 1 atom stereocenters. The summed E-state index contributed by atoms with van der Waals surface area (Å²) in [7, 11) is 3.00. The molecule has 0 aromatic heterocycles. The molecule has 29 heavy (non-hydrogen) atoms. The Morgan fingerprint density at radius 3 is 2.66 bits per heavy atom. The second kappa shape index (κ2) is 8.29. The minimum Gasteiger partial charge on any atom is -0.497 e. The quantitative estimate of drug-likeness (QED) is 0.568. The second-order valence-electron chi connectivity index (χ2n) is 7.64. The van der Waals surface area contributed by atoms with E-state index in [1.54, 1.807) is 19.2 Å². The molecule has 0 saturated heterocycles. The predicted molar refractivity (Wildman–Crippen MR) is 117 cm³/mol. The van der Waals surface area contributed by atoms with Crippen molar-refractivity contribution in [2.45, 2.75) is 38.8 Å². The molecule has 0 unspecified atom stereocenters. The molecule has 0 spiro atoms. The van der Waals surface area contributed by atoms with Gasteiger partial charge in [-0.3, -0.25) is 0 Å². The Kier molecular flexibility index (Phi) is 5.98. The number of carbonyl (C=O) groups excluding carboxylic acids is 1. The number of esters is 1. The van der Waals surface area contributed by atoms with Gasteiger partial charge >= 0.3 is 5.97 Å². The van der Waals surface area contributed by atoms with Crippen LogP contribution in [0.3, 0.4) is 0 Å². The molecule has 154 valence electrons. The van der Waals surface area contributed by atoms with Crippen LogP contribution in [0.4, 0.5) is 5.69 Å². The summed E-state index contributed by atoms with van der Waals surface area (Å²) in [5.41, 5.74) is 2.86. The maximum absolute atomic E-state index is 11.8. The van der Waals surface area contributed by atoms with E-state index in [4.69, 9.17) is 26.4 Å². The molecular weight excluding hydrogens is 388 g/mol. The summed E-state index contributed by atoms with van der Waals surface area (Å²) in [6.45, 7) is 6.04. The fourth-order valence-corrected chi connectivity index (χ4v) is 3.66. The van der Waals surface area contributed by atoms with Gasteiger partial charge in [0.05, 0.1) is 25.8 Å². The van der Waals surface area contributed by atoms with E-state index < -0.39 is 0 Å². The topological polar surface area (TPSA) is 68.8 Å². The SMILES string of the molecule is COC(=O)c1ccc(C)c(NC(=S)N[C@@H]2CC(C)(C)Oc3cc(OC)ccc32)c1. The lowest BCUT2D eigenvalue weighted by atomic mass is 9.89. The van der Waals surface area contributed by atoms with E-state index in [9.17, 15) is 4.79 Å². The molecule has 1 aliphatic rings. The fourth-order valence-electron chi connectivity index (χ4n) is 3.41. The maximum atomic E-state index is 11.8. The first-order valence-corrected chi connectivity index (χ1v) is 9.76. The number of ether oxygens (including phenoxy) is 3. The van der Waals surface area contributed by atoms with Gasteiger partial charge in [0.2, 0.25) is 0 Å². The average Bonchev–Trinajstić information content (AvgIpc) is 2.67. The molecule has 7 heteroatoms. The van der Waals surface area contributed by atoms with Crippen LogP contribution in [0.5, 0.6) is 11.5 Å². The minimum absolute atomic E-state index is 0.0243. The Morgan fingerprint density at radius 2 is 1.97 bits per heavy atom. The molecule has 0 radical (unpaired) electrons. The molecular formula is C22H26N2O4S. The number of hydrogen-bond donors (Lipinski definition) is 2. The fraction of sp³-hybridized carbons (Fsp3) is 0.364. The zero-order chi connectivity index (χ0) is 21.2. The number of rotatable bonds is 4. The molecule has 0 fully saturated rings. The van der Waals surface area contributed by atoms with Crippen LogP contribution in [-0.2, 0) is 4.74 Å². The van der Waals surface area contributed by atoms with E-state index in [1.807, 2.05) is 45.0 Å². The Labute approximate surface area is 176 Å². The normalized spacial score (nSPS) is 16.8. The van der Waals surface area contributed by atoms with Crippen LogP contribution < -0.4 is 20.1 Å². The van der Waals surface area contributed by atoms with E-state index in [0.717, 1.165) is 34.7 Å². The van der Waals surface area contributed by atoms with Crippen molar-refractivity contribution in [1.82, 2.24) is 5.32 Å². The van der Waals surface area contributed by atoms with E-state index in [1.165, 1.54) is 7.11 Å². The Bertz CT molecular complexity index is 942. The number of anilines is 1. The van der Waals surface area contributed by atoms with Crippen LogP contribution in [0.15, 0.2) is 36.4 Å². The third kappa shape index (κ3) is 4.79. The van der Waals surface area contributed by atoms with Crippen molar-refractivity contribution >= 4 is 29.0 Å². The standard InChI is InChI=1S/C22H26N2O4S/c1-13-6-7-14(20(25)27-5)10-17(13)23-21(29)24-18-12-22(2,3)28-19-11-15(26-4)8-9-16(18)19/h6-11,18H,12H2,1-5H3,(H2,23,24,29)/t18-/m1/s1. The van der Waals surface area contributed by atoms with Crippen molar-refractivity contribution in [2.24, 2.45) is 0 Å². The number of thiocarbonyl (C=S) groups is 1. The van der Waals surface area contributed by atoms with Crippen LogP contribution in [0, 0.1) is 6.92 Å². The molecule has 2 aromatic rings. The summed E-state index contributed by atoms with van der Waals surface area (Å²) in [5, 5.41) is 7.07. The number of aryl methyl sites for hydroxylation is 1. The molecule has 2 N–H and O–H groups in total. The molecule has 0 saturated carbocycles. The third-order valence-corrected chi connectivity index (χ3v) is 5.11. The highest BCUT2D eigenvalue weighted by molar-refractivity contribution is 7.80. The van der Waals surface area contributed by atoms with Crippen LogP contribution in [0.1, 0.15) is 47.8 Å². The van der Waals surface area contributed by atoms with Crippen LogP contribution in [0.25, 0.3) is 0 Å². The number of carbonyl (C=O) groups is 1. The summed E-state index contributed by atoms with van der Waals surface area (Å²) < 4.78 is 16.2. The molecule has 3 rings (SSSR count). The van der Waals surface area contributed by atoms with Crippen molar-refractivity contribution < 1.29 is 19.0 Å². The van der Waals surface area contributed by atoms with E-state index in [2.05, 4.69) is 10.6 Å². The van der Waals surface area contributed by atoms with Crippen LogP contribution in [-0.4, -0.2) is 30.9 Å². The Balaban J connectivity index is 1.80. The van der Waals surface area contributed by atoms with Gasteiger partial charge in [0.15, 0.2) is 5.11 Å². The Hall–Kier alpha value is -2.80. The largest absolute Gasteiger partial charge is 0.497 e. The monoisotopic (exact) mass is 414 g/mol. The van der Waals surface area contributed by atoms with E-state index >= 15 is 0 Å². The molecule has 0 bridgehead atoms. The van der Waals surface area contributed by atoms with Gasteiger partial charge in [-0.15, -0.1) is 0 Å². The first-order valence-electron chi connectivity index (χ1n) is 9.36. The highest BCUT2D eigenvalue weighted by Crippen LogP contribution is 2.41. The van der Waals surface area contributed by atoms with Crippen LogP contribution >= 0.6 is 12.2 Å². The average molecular weight is 415 g/mol. The Morgan fingerprint density at radius 1 is 1.21 bits per heavy atom. The second-order valence-corrected chi connectivity index (χ2v) is 8.05. The highest BCUT2D eigenvalue weighted by atomic mass is 32.1. The number of methoxy groups -OCH3 is 2.